The maximum absolute atomic E-state index is 5.42. The van der Waals surface area contributed by atoms with Gasteiger partial charge in [-0.15, -0.1) is 16.4 Å². The SMILES string of the molecule is Cc1cc(-c2snnc2[C@H]2CCCN(Cc3cccs3)C2)on1. The van der Waals surface area contributed by atoms with Gasteiger partial charge in [0.2, 0.25) is 0 Å². The van der Waals surface area contributed by atoms with E-state index in [9.17, 15) is 0 Å². The molecule has 0 aliphatic carbocycles. The highest BCUT2D eigenvalue weighted by atomic mass is 32.1. The van der Waals surface area contributed by atoms with E-state index in [2.05, 4.69) is 37.2 Å². The van der Waals surface area contributed by atoms with E-state index in [1.54, 1.807) is 0 Å². The number of piperidine rings is 1. The molecule has 1 saturated heterocycles. The Labute approximate surface area is 143 Å². The number of aromatic nitrogens is 3. The summed E-state index contributed by atoms with van der Waals surface area (Å²) in [7, 11) is 0. The Morgan fingerprint density at radius 2 is 2.39 bits per heavy atom. The van der Waals surface area contributed by atoms with Crippen molar-refractivity contribution < 1.29 is 4.52 Å². The summed E-state index contributed by atoms with van der Waals surface area (Å²) in [5, 5.41) is 10.5. The summed E-state index contributed by atoms with van der Waals surface area (Å²) in [5.41, 5.74) is 1.96. The third kappa shape index (κ3) is 3.22. The highest BCUT2D eigenvalue weighted by molar-refractivity contribution is 7.10. The molecule has 5 nitrogen and oxygen atoms in total. The molecule has 7 heteroatoms. The zero-order chi connectivity index (χ0) is 15.6. The summed E-state index contributed by atoms with van der Waals surface area (Å²) >= 11 is 3.23. The van der Waals surface area contributed by atoms with E-state index in [4.69, 9.17) is 4.52 Å². The molecule has 0 saturated carbocycles. The first-order valence-corrected chi connectivity index (χ1v) is 9.45. The largest absolute Gasteiger partial charge is 0.355 e. The number of thiophene rings is 1. The first-order valence-electron chi connectivity index (χ1n) is 7.80. The average molecular weight is 346 g/mol. The molecular weight excluding hydrogens is 328 g/mol. The van der Waals surface area contributed by atoms with Crippen LogP contribution < -0.4 is 0 Å². The minimum absolute atomic E-state index is 0.419. The minimum atomic E-state index is 0.419. The Kier molecular flexibility index (Phi) is 4.24. The van der Waals surface area contributed by atoms with Crippen molar-refractivity contribution in [2.45, 2.75) is 32.2 Å². The Hall–Kier alpha value is -1.57. The van der Waals surface area contributed by atoms with Crippen LogP contribution in [-0.2, 0) is 6.54 Å². The van der Waals surface area contributed by atoms with Crippen molar-refractivity contribution in [3.63, 3.8) is 0 Å². The van der Waals surface area contributed by atoms with Crippen LogP contribution in [0.15, 0.2) is 28.1 Å². The van der Waals surface area contributed by atoms with Crippen molar-refractivity contribution >= 4 is 22.9 Å². The third-order valence-corrected chi connectivity index (χ3v) is 5.83. The molecule has 0 N–H and O–H groups in total. The van der Waals surface area contributed by atoms with Gasteiger partial charge in [0.1, 0.15) is 4.88 Å². The number of nitrogens with zero attached hydrogens (tertiary/aromatic N) is 4. The Morgan fingerprint density at radius 3 is 3.17 bits per heavy atom. The van der Waals surface area contributed by atoms with Gasteiger partial charge in [-0.3, -0.25) is 4.90 Å². The van der Waals surface area contributed by atoms with Crippen LogP contribution >= 0.6 is 22.9 Å². The number of hydrogen-bond donors (Lipinski definition) is 0. The summed E-state index contributed by atoms with van der Waals surface area (Å²) in [4.78, 5) is 4.98. The predicted octanol–water partition coefficient (Wildman–Crippen LogP) is 3.94. The number of aryl methyl sites for hydroxylation is 1. The molecule has 1 aliphatic heterocycles. The van der Waals surface area contributed by atoms with Crippen LogP contribution in [0, 0.1) is 6.92 Å². The predicted molar refractivity (Wildman–Crippen MR) is 91.7 cm³/mol. The standard InChI is InChI=1S/C16H18N4OS2/c1-11-8-14(21-18-11)16-15(17-19-23-16)12-4-2-6-20(9-12)10-13-5-3-7-22-13/h3,5,7-8,12H,2,4,6,9-10H2,1H3/t12-/m0/s1. The zero-order valence-electron chi connectivity index (χ0n) is 12.9. The maximum Gasteiger partial charge on any atom is 0.180 e. The Bertz CT molecular complexity index is 765. The highest BCUT2D eigenvalue weighted by Crippen LogP contribution is 2.35. The van der Waals surface area contributed by atoms with E-state index in [1.165, 1.54) is 22.8 Å². The molecule has 1 fully saturated rings. The molecule has 0 radical (unpaired) electrons. The molecule has 0 unspecified atom stereocenters. The van der Waals surface area contributed by atoms with Gasteiger partial charge in [0.05, 0.1) is 11.4 Å². The lowest BCUT2D eigenvalue weighted by atomic mass is 9.93. The smallest absolute Gasteiger partial charge is 0.180 e. The normalized spacial score (nSPS) is 19.3. The first kappa shape index (κ1) is 15.0. The summed E-state index contributed by atoms with van der Waals surface area (Å²) in [6, 6.07) is 6.29. The van der Waals surface area contributed by atoms with Gasteiger partial charge in [-0.05, 0) is 49.3 Å². The summed E-state index contributed by atoms with van der Waals surface area (Å²) in [6.45, 7) is 5.15. The van der Waals surface area contributed by atoms with Crippen molar-refractivity contribution in [2.24, 2.45) is 0 Å². The minimum Gasteiger partial charge on any atom is -0.355 e. The van der Waals surface area contributed by atoms with Gasteiger partial charge in [-0.1, -0.05) is 15.7 Å². The zero-order valence-corrected chi connectivity index (χ0v) is 14.6. The highest BCUT2D eigenvalue weighted by Gasteiger charge is 2.27. The van der Waals surface area contributed by atoms with Gasteiger partial charge in [0.25, 0.3) is 0 Å². The van der Waals surface area contributed by atoms with E-state index in [0.29, 0.717) is 5.92 Å². The van der Waals surface area contributed by atoms with Crippen LogP contribution in [0.4, 0.5) is 0 Å². The monoisotopic (exact) mass is 346 g/mol. The lowest BCUT2D eigenvalue weighted by Crippen LogP contribution is -2.33. The molecular formula is C16H18N4OS2. The van der Waals surface area contributed by atoms with Crippen molar-refractivity contribution in [1.29, 1.82) is 0 Å². The fraction of sp³-hybridized carbons (Fsp3) is 0.438. The maximum atomic E-state index is 5.42. The second-order valence-corrected chi connectivity index (χ2v) is 7.76. The average Bonchev–Trinajstić information content (AvgIpc) is 3.28. The first-order chi connectivity index (χ1) is 11.3. The molecule has 4 rings (SSSR count). The number of hydrogen-bond acceptors (Lipinski definition) is 7. The van der Waals surface area contributed by atoms with Gasteiger partial charge >= 0.3 is 0 Å². The fourth-order valence-electron chi connectivity index (χ4n) is 3.15. The molecule has 0 bridgehead atoms. The second kappa shape index (κ2) is 6.51. The molecule has 3 aromatic rings. The third-order valence-electron chi connectivity index (χ3n) is 4.22. The fourth-order valence-corrected chi connectivity index (χ4v) is 4.60. The van der Waals surface area contributed by atoms with Gasteiger partial charge < -0.3 is 4.52 Å². The van der Waals surface area contributed by atoms with E-state index >= 15 is 0 Å². The van der Waals surface area contributed by atoms with Crippen molar-refractivity contribution in [2.75, 3.05) is 13.1 Å². The van der Waals surface area contributed by atoms with Gasteiger partial charge in [0, 0.05) is 30.0 Å². The summed E-state index contributed by atoms with van der Waals surface area (Å²) in [5.74, 6) is 1.21. The molecule has 0 aromatic carbocycles. The van der Waals surface area contributed by atoms with Crippen molar-refractivity contribution in [1.82, 2.24) is 19.6 Å². The molecule has 120 valence electrons. The Balaban J connectivity index is 1.53. The number of rotatable bonds is 4. The van der Waals surface area contributed by atoms with E-state index in [0.717, 1.165) is 48.1 Å². The lowest BCUT2D eigenvalue weighted by Gasteiger charge is -2.31. The second-order valence-electron chi connectivity index (χ2n) is 5.97. The quantitative estimate of drug-likeness (QED) is 0.716. The van der Waals surface area contributed by atoms with Crippen LogP contribution in [0.25, 0.3) is 10.6 Å². The van der Waals surface area contributed by atoms with Crippen molar-refractivity contribution in [3.8, 4) is 10.6 Å². The van der Waals surface area contributed by atoms with Crippen LogP contribution in [0.5, 0.6) is 0 Å². The summed E-state index contributed by atoms with van der Waals surface area (Å²) < 4.78 is 9.59. The molecule has 3 aromatic heterocycles. The van der Waals surface area contributed by atoms with Crippen LogP contribution in [0.2, 0.25) is 0 Å². The molecule has 4 heterocycles. The summed E-state index contributed by atoms with van der Waals surface area (Å²) in [6.07, 6.45) is 2.36. The molecule has 1 atom stereocenters. The van der Waals surface area contributed by atoms with E-state index in [-0.39, 0.29) is 0 Å². The number of likely N-dealkylation sites (tertiary alicyclic amines) is 1. The molecule has 0 spiro atoms. The van der Waals surface area contributed by atoms with Crippen LogP contribution in [-0.4, -0.2) is 32.7 Å². The molecule has 23 heavy (non-hydrogen) atoms. The van der Waals surface area contributed by atoms with Crippen LogP contribution in [0.3, 0.4) is 0 Å². The Morgan fingerprint density at radius 1 is 1.43 bits per heavy atom. The van der Waals surface area contributed by atoms with Crippen molar-refractivity contribution in [3.05, 3.63) is 39.8 Å². The molecule has 1 aliphatic rings. The van der Waals surface area contributed by atoms with Gasteiger partial charge in [-0.25, -0.2) is 0 Å². The van der Waals surface area contributed by atoms with E-state index in [1.807, 2.05) is 24.3 Å². The topological polar surface area (TPSA) is 55.1 Å². The van der Waals surface area contributed by atoms with Gasteiger partial charge in [0.15, 0.2) is 5.76 Å². The molecule has 0 amide bonds. The van der Waals surface area contributed by atoms with Gasteiger partial charge in [-0.2, -0.15) is 0 Å². The lowest BCUT2D eigenvalue weighted by molar-refractivity contribution is 0.200. The van der Waals surface area contributed by atoms with Crippen LogP contribution in [0.1, 0.15) is 35.0 Å². The van der Waals surface area contributed by atoms with E-state index < -0.39 is 0 Å².